The van der Waals surface area contributed by atoms with Crippen LogP contribution in [-0.2, 0) is 29.2 Å². The highest BCUT2D eigenvalue weighted by Crippen LogP contribution is 2.23. The van der Waals surface area contributed by atoms with Crippen LogP contribution in [0.1, 0.15) is 50.1 Å². The molecule has 8 heteroatoms. The van der Waals surface area contributed by atoms with Gasteiger partial charge in [-0.3, -0.25) is 14.3 Å². The predicted molar refractivity (Wildman–Crippen MR) is 118 cm³/mol. The Balaban J connectivity index is 1.18. The number of likely N-dealkylation sites (tertiary alicyclic amines) is 1. The van der Waals surface area contributed by atoms with Crippen LogP contribution in [0.5, 0.6) is 0 Å². The van der Waals surface area contributed by atoms with Crippen molar-refractivity contribution in [2.24, 2.45) is 5.92 Å². The highest BCUT2D eigenvalue weighted by molar-refractivity contribution is 5.76. The fraction of sp³-hybridized carbons (Fsp3) is 0.609. The van der Waals surface area contributed by atoms with Crippen LogP contribution in [-0.4, -0.2) is 51.4 Å². The highest BCUT2D eigenvalue weighted by atomic mass is 16.5. The second-order valence-electron chi connectivity index (χ2n) is 8.52. The van der Waals surface area contributed by atoms with E-state index >= 15 is 0 Å². The molecular formula is C23H33N5O3. The number of carbonyl (C=O) groups is 1. The van der Waals surface area contributed by atoms with E-state index in [1.165, 1.54) is 23.1 Å². The SMILES string of the molecule is CCn1nc2n(c1=O)CCOC2CC(=O)NCCC1CCN(Cc2ccccc2)CC1. The molecule has 0 bridgehead atoms. The van der Waals surface area contributed by atoms with Crippen molar-refractivity contribution in [3.8, 4) is 0 Å². The van der Waals surface area contributed by atoms with Gasteiger partial charge in [-0.25, -0.2) is 9.48 Å². The smallest absolute Gasteiger partial charge is 0.346 e. The molecule has 1 fully saturated rings. The molecule has 0 saturated carbocycles. The maximum absolute atomic E-state index is 12.5. The summed E-state index contributed by atoms with van der Waals surface area (Å²) in [6.45, 7) is 7.26. The monoisotopic (exact) mass is 427 g/mol. The summed E-state index contributed by atoms with van der Waals surface area (Å²) in [5.74, 6) is 1.18. The van der Waals surface area contributed by atoms with Crippen molar-refractivity contribution in [2.75, 3.05) is 26.2 Å². The number of piperidine rings is 1. The van der Waals surface area contributed by atoms with E-state index in [0.717, 1.165) is 26.1 Å². The molecule has 1 atom stereocenters. The lowest BCUT2D eigenvalue weighted by molar-refractivity contribution is -0.125. The third-order valence-electron chi connectivity index (χ3n) is 6.37. The van der Waals surface area contributed by atoms with Gasteiger partial charge in [-0.05, 0) is 50.8 Å². The lowest BCUT2D eigenvalue weighted by Crippen LogP contribution is -2.35. The molecule has 31 heavy (non-hydrogen) atoms. The lowest BCUT2D eigenvalue weighted by Gasteiger charge is -2.32. The average Bonchev–Trinajstić information content (AvgIpc) is 3.12. The number of aryl methyl sites for hydroxylation is 1. The minimum Gasteiger partial charge on any atom is -0.368 e. The van der Waals surface area contributed by atoms with Crippen molar-refractivity contribution in [3.63, 3.8) is 0 Å². The Hall–Kier alpha value is -2.45. The van der Waals surface area contributed by atoms with Crippen LogP contribution < -0.4 is 11.0 Å². The minimum absolute atomic E-state index is 0.0431. The fourth-order valence-corrected chi connectivity index (χ4v) is 4.55. The second-order valence-corrected chi connectivity index (χ2v) is 8.52. The van der Waals surface area contributed by atoms with Gasteiger partial charge in [-0.2, -0.15) is 5.10 Å². The van der Waals surface area contributed by atoms with E-state index in [4.69, 9.17) is 4.74 Å². The standard InChI is InChI=1S/C23H33N5O3/c1-2-28-23(30)27-14-15-31-20(22(27)25-28)16-21(29)24-11-8-18-9-12-26(13-10-18)17-19-6-4-3-5-7-19/h3-7,18,20H,2,8-17H2,1H3,(H,24,29). The van der Waals surface area contributed by atoms with Crippen LogP contribution in [0.15, 0.2) is 35.1 Å². The summed E-state index contributed by atoms with van der Waals surface area (Å²) >= 11 is 0. The van der Waals surface area contributed by atoms with Gasteiger partial charge in [-0.1, -0.05) is 30.3 Å². The second kappa shape index (κ2) is 10.2. The normalized spacial score (nSPS) is 19.8. The van der Waals surface area contributed by atoms with Gasteiger partial charge in [0.2, 0.25) is 5.91 Å². The van der Waals surface area contributed by atoms with E-state index in [9.17, 15) is 9.59 Å². The van der Waals surface area contributed by atoms with Crippen LogP contribution >= 0.6 is 0 Å². The Bertz CT molecular complexity index is 915. The summed E-state index contributed by atoms with van der Waals surface area (Å²) in [5.41, 5.74) is 1.25. The first kappa shape index (κ1) is 21.8. The van der Waals surface area contributed by atoms with Gasteiger partial charge in [0, 0.05) is 19.6 Å². The number of ether oxygens (including phenoxy) is 1. The zero-order valence-electron chi connectivity index (χ0n) is 18.3. The molecule has 1 amide bonds. The van der Waals surface area contributed by atoms with E-state index in [1.807, 2.05) is 6.92 Å². The molecule has 1 unspecified atom stereocenters. The highest BCUT2D eigenvalue weighted by Gasteiger charge is 2.28. The molecule has 0 aliphatic carbocycles. The summed E-state index contributed by atoms with van der Waals surface area (Å²) in [7, 11) is 0. The zero-order valence-corrected chi connectivity index (χ0v) is 18.3. The molecular weight excluding hydrogens is 394 g/mol. The Kier molecular flexibility index (Phi) is 7.19. The Morgan fingerprint density at radius 2 is 1.97 bits per heavy atom. The van der Waals surface area contributed by atoms with Crippen LogP contribution in [0.25, 0.3) is 0 Å². The van der Waals surface area contributed by atoms with Crippen LogP contribution in [0, 0.1) is 5.92 Å². The number of nitrogens with one attached hydrogen (secondary N) is 1. The quantitative estimate of drug-likeness (QED) is 0.696. The van der Waals surface area contributed by atoms with Gasteiger partial charge in [0.05, 0.1) is 19.6 Å². The average molecular weight is 428 g/mol. The van der Waals surface area contributed by atoms with E-state index in [-0.39, 0.29) is 18.0 Å². The molecule has 3 heterocycles. The third kappa shape index (κ3) is 5.43. The van der Waals surface area contributed by atoms with Crippen molar-refractivity contribution >= 4 is 5.91 Å². The molecule has 1 N–H and O–H groups in total. The van der Waals surface area contributed by atoms with Crippen LogP contribution in [0.3, 0.4) is 0 Å². The summed E-state index contributed by atoms with van der Waals surface area (Å²) in [5, 5.41) is 7.39. The van der Waals surface area contributed by atoms with Crippen molar-refractivity contribution in [1.29, 1.82) is 0 Å². The van der Waals surface area contributed by atoms with Crippen LogP contribution in [0.2, 0.25) is 0 Å². The Morgan fingerprint density at radius 3 is 2.71 bits per heavy atom. The largest absolute Gasteiger partial charge is 0.368 e. The predicted octanol–water partition coefficient (Wildman–Crippen LogP) is 1.94. The van der Waals surface area contributed by atoms with E-state index < -0.39 is 6.10 Å². The molecule has 1 aromatic carbocycles. The first-order valence-electron chi connectivity index (χ1n) is 11.5. The van der Waals surface area contributed by atoms with Gasteiger partial charge >= 0.3 is 5.69 Å². The number of aromatic nitrogens is 3. The van der Waals surface area contributed by atoms with E-state index in [0.29, 0.717) is 38.0 Å². The maximum Gasteiger partial charge on any atom is 0.346 e. The number of amides is 1. The zero-order chi connectivity index (χ0) is 21.6. The van der Waals surface area contributed by atoms with E-state index in [1.54, 1.807) is 4.57 Å². The van der Waals surface area contributed by atoms with Crippen molar-refractivity contribution in [1.82, 2.24) is 24.6 Å². The fourth-order valence-electron chi connectivity index (χ4n) is 4.55. The van der Waals surface area contributed by atoms with E-state index in [2.05, 4.69) is 45.6 Å². The maximum atomic E-state index is 12.5. The summed E-state index contributed by atoms with van der Waals surface area (Å²) in [6, 6.07) is 10.6. The molecule has 1 aromatic heterocycles. The minimum atomic E-state index is -0.449. The summed E-state index contributed by atoms with van der Waals surface area (Å²) in [6.07, 6.45) is 3.11. The molecule has 2 aliphatic rings. The van der Waals surface area contributed by atoms with Crippen molar-refractivity contribution in [3.05, 3.63) is 52.2 Å². The number of rotatable bonds is 8. The van der Waals surface area contributed by atoms with Crippen molar-refractivity contribution < 1.29 is 9.53 Å². The Labute approximate surface area is 183 Å². The van der Waals surface area contributed by atoms with Gasteiger partial charge in [0.25, 0.3) is 0 Å². The first-order valence-corrected chi connectivity index (χ1v) is 11.5. The summed E-state index contributed by atoms with van der Waals surface area (Å²) < 4.78 is 8.81. The first-order chi connectivity index (χ1) is 15.1. The number of carbonyl (C=O) groups excluding carboxylic acids is 1. The molecule has 2 aliphatic heterocycles. The molecule has 168 valence electrons. The molecule has 0 spiro atoms. The van der Waals surface area contributed by atoms with Gasteiger partial charge in [0.1, 0.15) is 6.10 Å². The molecule has 8 nitrogen and oxygen atoms in total. The van der Waals surface area contributed by atoms with Gasteiger partial charge in [-0.15, -0.1) is 0 Å². The topological polar surface area (TPSA) is 81.4 Å². The van der Waals surface area contributed by atoms with Gasteiger partial charge < -0.3 is 10.1 Å². The molecule has 4 rings (SSSR count). The third-order valence-corrected chi connectivity index (χ3v) is 6.37. The molecule has 1 saturated heterocycles. The lowest BCUT2D eigenvalue weighted by atomic mass is 9.93. The number of hydrogen-bond acceptors (Lipinski definition) is 5. The summed E-state index contributed by atoms with van der Waals surface area (Å²) in [4.78, 5) is 27.2. The number of hydrogen-bond donors (Lipinski definition) is 1. The van der Waals surface area contributed by atoms with Gasteiger partial charge in [0.15, 0.2) is 5.82 Å². The molecule has 0 radical (unpaired) electrons. The van der Waals surface area contributed by atoms with Crippen LogP contribution in [0.4, 0.5) is 0 Å². The van der Waals surface area contributed by atoms with Crippen molar-refractivity contribution in [2.45, 2.75) is 58.3 Å². The number of nitrogens with zero attached hydrogens (tertiary/aromatic N) is 4. The number of benzene rings is 1. The Morgan fingerprint density at radius 1 is 1.19 bits per heavy atom. The number of fused-ring (bicyclic) bond motifs is 1. The molecule has 2 aromatic rings.